The predicted octanol–water partition coefficient (Wildman–Crippen LogP) is 4.88. The summed E-state index contributed by atoms with van der Waals surface area (Å²) in [5.41, 5.74) is 4.52. The number of fused-ring (bicyclic) bond motifs is 2. The van der Waals surface area contributed by atoms with Gasteiger partial charge in [0.05, 0.1) is 23.2 Å². The molecule has 9 heteroatoms. The van der Waals surface area contributed by atoms with Crippen LogP contribution in [0.5, 0.6) is 0 Å². The number of hydrogen-bond donors (Lipinski definition) is 4. The maximum Gasteiger partial charge on any atom is 0.276 e. The average Bonchev–Trinajstić information content (AvgIpc) is 3.10. The Morgan fingerprint density at radius 1 is 1.29 bits per heavy atom. The molecule has 8 nitrogen and oxygen atoms in total. The Kier molecular flexibility index (Phi) is 5.13. The molecule has 1 aliphatic heterocycles. The summed E-state index contributed by atoms with van der Waals surface area (Å²) in [5, 5.41) is 14.6. The molecule has 180 valence electrons. The van der Waals surface area contributed by atoms with Gasteiger partial charge in [0.25, 0.3) is 5.91 Å². The number of rotatable bonds is 5. The zero-order valence-electron chi connectivity index (χ0n) is 19.3. The monoisotopic (exact) mass is 481 g/mol. The van der Waals surface area contributed by atoms with E-state index in [0.29, 0.717) is 28.5 Å². The average molecular weight is 482 g/mol. The first-order valence-corrected chi connectivity index (χ1v) is 13.8. The third-order valence-corrected chi connectivity index (χ3v) is 10.4. The number of hydrogen-bond acceptors (Lipinski definition) is 5. The van der Waals surface area contributed by atoms with Crippen LogP contribution < -0.4 is 5.32 Å². The highest BCUT2D eigenvalue weighted by atomic mass is 32.3. The van der Waals surface area contributed by atoms with Gasteiger partial charge in [0.15, 0.2) is 5.69 Å². The fraction of sp³-hybridized carbons (Fsp3) is 0.480. The van der Waals surface area contributed by atoms with Crippen molar-refractivity contribution in [2.45, 2.75) is 56.7 Å². The zero-order chi connectivity index (χ0) is 23.5. The topological polar surface area (TPSA) is 116 Å². The van der Waals surface area contributed by atoms with Crippen molar-refractivity contribution in [2.24, 2.45) is 11.3 Å². The number of H-pyrrole nitrogens is 1. The van der Waals surface area contributed by atoms with Crippen LogP contribution in [0.3, 0.4) is 0 Å². The van der Waals surface area contributed by atoms with Crippen molar-refractivity contribution in [3.63, 3.8) is 0 Å². The predicted molar refractivity (Wildman–Crippen MR) is 132 cm³/mol. The van der Waals surface area contributed by atoms with E-state index in [1.165, 1.54) is 6.42 Å². The molecule has 1 amide bonds. The third kappa shape index (κ3) is 3.76. The minimum Gasteiger partial charge on any atom is -0.318 e. The van der Waals surface area contributed by atoms with Gasteiger partial charge in [-0.3, -0.25) is 23.7 Å². The first kappa shape index (κ1) is 21.9. The van der Waals surface area contributed by atoms with E-state index in [-0.39, 0.29) is 17.2 Å². The van der Waals surface area contributed by atoms with Crippen LogP contribution >= 0.6 is 10.6 Å². The molecule has 1 saturated heterocycles. The highest BCUT2D eigenvalue weighted by Gasteiger charge is 2.53. The number of benzene rings is 1. The van der Waals surface area contributed by atoms with Gasteiger partial charge in [0.2, 0.25) is 0 Å². The van der Waals surface area contributed by atoms with E-state index in [0.717, 1.165) is 48.9 Å². The second-order valence-corrected chi connectivity index (χ2v) is 12.9. The van der Waals surface area contributed by atoms with Crippen molar-refractivity contribution in [3.05, 3.63) is 65.2 Å². The summed E-state index contributed by atoms with van der Waals surface area (Å²) < 4.78 is 23.5. The van der Waals surface area contributed by atoms with Gasteiger partial charge in [-0.25, -0.2) is 0 Å². The van der Waals surface area contributed by atoms with Gasteiger partial charge in [-0.1, -0.05) is 37.3 Å². The molecule has 0 spiro atoms. The fourth-order valence-corrected chi connectivity index (χ4v) is 8.11. The third-order valence-electron chi connectivity index (χ3n) is 8.04. The molecule has 3 heterocycles. The first-order valence-electron chi connectivity index (χ1n) is 12.1. The summed E-state index contributed by atoms with van der Waals surface area (Å²) in [7, 11) is -2.75. The standard InChI is InChI=1S/C25H31N5O3S/c1-25-12-17(25)11-19-20(13-25)28-29-22(19)24(31)27-18-14-26-30(15-18)23(16-7-3-2-4-8-16)21-9-5-6-10-34(21,32)33/h2-4,7-8,14-15,17,21,23,32-33H,5-6,9-13H2,1H3,(H,27,31)(H,28,29). The lowest BCUT2D eigenvalue weighted by molar-refractivity contribution is 0.102. The molecule has 4 N–H and O–H groups in total. The molecule has 1 aromatic carbocycles. The highest BCUT2D eigenvalue weighted by Crippen LogP contribution is 2.59. The molecule has 2 aliphatic carbocycles. The largest absolute Gasteiger partial charge is 0.318 e. The van der Waals surface area contributed by atoms with Gasteiger partial charge in [0.1, 0.15) is 0 Å². The van der Waals surface area contributed by atoms with Crippen LogP contribution in [0.1, 0.15) is 66.0 Å². The Morgan fingerprint density at radius 3 is 2.91 bits per heavy atom. The number of nitrogens with one attached hydrogen (secondary N) is 2. The molecule has 0 radical (unpaired) electrons. The Labute approximate surface area is 200 Å². The van der Waals surface area contributed by atoms with Crippen molar-refractivity contribution >= 4 is 22.2 Å². The SMILES string of the molecule is CC12Cc3[nH]nc(C(=O)Nc4cnn(C(c5ccccc5)C5CCCCS5(O)O)c4)c3CC1C2. The maximum absolute atomic E-state index is 13.1. The van der Waals surface area contributed by atoms with Crippen LogP contribution in [0.15, 0.2) is 42.7 Å². The summed E-state index contributed by atoms with van der Waals surface area (Å²) in [6.45, 7) is 2.31. The summed E-state index contributed by atoms with van der Waals surface area (Å²) in [6.07, 6.45) is 9.00. The molecule has 2 aromatic heterocycles. The summed E-state index contributed by atoms with van der Waals surface area (Å²) in [4.78, 5) is 13.1. The van der Waals surface area contributed by atoms with Gasteiger partial charge in [-0.2, -0.15) is 20.8 Å². The van der Waals surface area contributed by atoms with Crippen LogP contribution in [0.25, 0.3) is 0 Å². The van der Waals surface area contributed by atoms with Crippen molar-refractivity contribution in [3.8, 4) is 0 Å². The van der Waals surface area contributed by atoms with Crippen molar-refractivity contribution in [2.75, 3.05) is 11.1 Å². The summed E-state index contributed by atoms with van der Waals surface area (Å²) >= 11 is 0. The molecule has 3 aliphatic rings. The quantitative estimate of drug-likeness (QED) is 0.415. The van der Waals surface area contributed by atoms with Crippen molar-refractivity contribution in [1.82, 2.24) is 20.0 Å². The molecule has 0 bridgehead atoms. The normalized spacial score (nSPS) is 28.9. The van der Waals surface area contributed by atoms with Crippen LogP contribution in [-0.4, -0.2) is 46.0 Å². The number of nitrogens with zero attached hydrogens (tertiary/aromatic N) is 3. The smallest absolute Gasteiger partial charge is 0.276 e. The van der Waals surface area contributed by atoms with E-state index in [2.05, 4.69) is 27.5 Å². The molecule has 4 atom stereocenters. The molecule has 6 rings (SSSR count). The van der Waals surface area contributed by atoms with Crippen molar-refractivity contribution in [1.29, 1.82) is 0 Å². The number of carbonyl (C=O) groups is 1. The minimum atomic E-state index is -2.75. The number of aromatic amines is 1. The zero-order valence-corrected chi connectivity index (χ0v) is 20.1. The molecular weight excluding hydrogens is 450 g/mol. The molecule has 2 fully saturated rings. The minimum absolute atomic E-state index is 0.237. The van der Waals surface area contributed by atoms with E-state index >= 15 is 0 Å². The van der Waals surface area contributed by atoms with Gasteiger partial charge < -0.3 is 5.32 Å². The maximum atomic E-state index is 13.1. The van der Waals surface area contributed by atoms with E-state index < -0.39 is 10.6 Å². The van der Waals surface area contributed by atoms with Crippen LogP contribution in [0, 0.1) is 11.3 Å². The van der Waals surface area contributed by atoms with Crippen molar-refractivity contribution < 1.29 is 13.9 Å². The number of anilines is 1. The lowest BCUT2D eigenvalue weighted by atomic mass is 9.87. The lowest BCUT2D eigenvalue weighted by Gasteiger charge is -2.47. The fourth-order valence-electron chi connectivity index (χ4n) is 5.94. The Bertz CT molecular complexity index is 1220. The van der Waals surface area contributed by atoms with E-state index in [1.807, 2.05) is 30.3 Å². The number of carbonyl (C=O) groups excluding carboxylic acids is 1. The number of aromatic nitrogens is 4. The second-order valence-electron chi connectivity index (χ2n) is 10.4. The number of amides is 1. The van der Waals surface area contributed by atoms with E-state index in [1.54, 1.807) is 17.1 Å². The van der Waals surface area contributed by atoms with Gasteiger partial charge >= 0.3 is 0 Å². The lowest BCUT2D eigenvalue weighted by Crippen LogP contribution is -2.34. The molecule has 4 unspecified atom stereocenters. The highest BCUT2D eigenvalue weighted by molar-refractivity contribution is 8.24. The van der Waals surface area contributed by atoms with Gasteiger partial charge in [0, 0.05) is 23.2 Å². The van der Waals surface area contributed by atoms with E-state index in [9.17, 15) is 13.9 Å². The molecule has 34 heavy (non-hydrogen) atoms. The van der Waals surface area contributed by atoms with Gasteiger partial charge in [-0.15, -0.1) is 0 Å². The van der Waals surface area contributed by atoms with E-state index in [4.69, 9.17) is 0 Å². The Morgan fingerprint density at radius 2 is 2.12 bits per heavy atom. The molecular formula is C25H31N5O3S. The second kappa shape index (κ2) is 7.96. The summed E-state index contributed by atoms with van der Waals surface area (Å²) in [6, 6.07) is 9.53. The summed E-state index contributed by atoms with van der Waals surface area (Å²) in [5.74, 6) is 0.837. The molecule has 3 aromatic rings. The first-order chi connectivity index (χ1) is 16.3. The van der Waals surface area contributed by atoms with Crippen LogP contribution in [0.2, 0.25) is 0 Å². The Hall–Kier alpha value is -2.62. The molecule has 1 saturated carbocycles. The van der Waals surface area contributed by atoms with Crippen LogP contribution in [0.4, 0.5) is 5.69 Å². The van der Waals surface area contributed by atoms with Crippen LogP contribution in [-0.2, 0) is 12.8 Å². The van der Waals surface area contributed by atoms with Gasteiger partial charge in [-0.05, 0) is 55.4 Å². The Balaban J connectivity index is 1.26.